The summed E-state index contributed by atoms with van der Waals surface area (Å²) in [5, 5.41) is 33.8. The molecular formula is C21H42ClNO7. The van der Waals surface area contributed by atoms with Gasteiger partial charge in [0, 0.05) is 0 Å². The molecular weight excluding hydrogens is 414 g/mol. The first-order valence-corrected chi connectivity index (χ1v) is 10.5. The summed E-state index contributed by atoms with van der Waals surface area (Å²) in [6, 6.07) is 0. The second kappa shape index (κ2) is 18.4. The summed E-state index contributed by atoms with van der Waals surface area (Å²) in [5.74, 6) is -5.02. The molecule has 9 heteroatoms. The van der Waals surface area contributed by atoms with Crippen molar-refractivity contribution in [2.45, 2.75) is 89.6 Å². The van der Waals surface area contributed by atoms with Crippen LogP contribution in [0.3, 0.4) is 0 Å². The van der Waals surface area contributed by atoms with Gasteiger partial charge >= 0.3 is 17.9 Å². The highest BCUT2D eigenvalue weighted by molar-refractivity contribution is 5.88. The third kappa shape index (κ3) is 22.9. The highest BCUT2D eigenvalue weighted by Crippen LogP contribution is 2.15. The third-order valence-electron chi connectivity index (χ3n) is 4.47. The van der Waals surface area contributed by atoms with E-state index >= 15 is 0 Å². The SMILES string of the molecule is CCCCCCCCCCCC[N+](C)(C)C.O=C(O)CC(O)(CC(=O)O)C(=O)O.[Cl-]. The van der Waals surface area contributed by atoms with Crippen LogP contribution < -0.4 is 12.4 Å². The molecule has 0 aliphatic rings. The molecule has 0 aromatic rings. The van der Waals surface area contributed by atoms with Crippen molar-refractivity contribution in [2.75, 3.05) is 27.7 Å². The summed E-state index contributed by atoms with van der Waals surface area (Å²) < 4.78 is 1.12. The number of rotatable bonds is 16. The van der Waals surface area contributed by atoms with Gasteiger partial charge in [-0.2, -0.15) is 0 Å². The maximum atomic E-state index is 10.3. The number of aliphatic carboxylic acids is 3. The normalized spacial score (nSPS) is 11.1. The van der Waals surface area contributed by atoms with Gasteiger partial charge in [-0.1, -0.05) is 58.3 Å². The Hall–Kier alpha value is -1.38. The Morgan fingerprint density at radius 3 is 1.30 bits per heavy atom. The largest absolute Gasteiger partial charge is 1.00 e. The lowest BCUT2D eigenvalue weighted by Gasteiger charge is -2.23. The molecule has 0 amide bonds. The molecule has 0 heterocycles. The van der Waals surface area contributed by atoms with Gasteiger partial charge in [-0.15, -0.1) is 0 Å². The van der Waals surface area contributed by atoms with Gasteiger partial charge in [-0.25, -0.2) is 4.79 Å². The fourth-order valence-electron chi connectivity index (χ4n) is 2.79. The molecule has 0 saturated carbocycles. The van der Waals surface area contributed by atoms with Crippen molar-refractivity contribution >= 4 is 17.9 Å². The van der Waals surface area contributed by atoms with Crippen LogP contribution in [-0.2, 0) is 14.4 Å². The first kappa shape index (κ1) is 33.3. The van der Waals surface area contributed by atoms with Crippen molar-refractivity contribution in [3.05, 3.63) is 0 Å². The lowest BCUT2D eigenvalue weighted by atomic mass is 9.96. The molecule has 0 spiro atoms. The zero-order chi connectivity index (χ0) is 22.9. The zero-order valence-electron chi connectivity index (χ0n) is 19.0. The average Bonchev–Trinajstić information content (AvgIpc) is 2.54. The summed E-state index contributed by atoms with van der Waals surface area (Å²) in [4.78, 5) is 30.5. The molecule has 0 atom stereocenters. The summed E-state index contributed by atoms with van der Waals surface area (Å²) in [6.07, 6.45) is 12.1. The topological polar surface area (TPSA) is 132 Å². The average molecular weight is 456 g/mol. The molecule has 0 aliphatic heterocycles. The monoisotopic (exact) mass is 455 g/mol. The number of unbranched alkanes of at least 4 members (excludes halogenated alkanes) is 9. The number of carboxylic acid groups (broad SMARTS) is 3. The number of hydrogen-bond donors (Lipinski definition) is 4. The minimum atomic E-state index is -2.74. The Morgan fingerprint density at radius 2 is 1.03 bits per heavy atom. The van der Waals surface area contributed by atoms with E-state index in [0.717, 1.165) is 4.48 Å². The summed E-state index contributed by atoms with van der Waals surface area (Å²) >= 11 is 0. The van der Waals surface area contributed by atoms with E-state index in [9.17, 15) is 14.4 Å². The lowest BCUT2D eigenvalue weighted by molar-refractivity contribution is -0.870. The van der Waals surface area contributed by atoms with Crippen molar-refractivity contribution < 1.29 is 51.7 Å². The highest BCUT2D eigenvalue weighted by atomic mass is 35.5. The van der Waals surface area contributed by atoms with Crippen LogP contribution in [0.25, 0.3) is 0 Å². The second-order valence-corrected chi connectivity index (χ2v) is 8.67. The molecule has 8 nitrogen and oxygen atoms in total. The van der Waals surface area contributed by atoms with Crippen LogP contribution in [0.15, 0.2) is 0 Å². The van der Waals surface area contributed by atoms with Crippen molar-refractivity contribution in [3.63, 3.8) is 0 Å². The van der Waals surface area contributed by atoms with Crippen LogP contribution in [0.4, 0.5) is 0 Å². The minimum Gasteiger partial charge on any atom is -1.00 e. The van der Waals surface area contributed by atoms with Crippen LogP contribution in [0, 0.1) is 0 Å². The number of hydrogen-bond acceptors (Lipinski definition) is 4. The third-order valence-corrected chi connectivity index (χ3v) is 4.47. The lowest BCUT2D eigenvalue weighted by Crippen LogP contribution is -3.00. The summed E-state index contributed by atoms with van der Waals surface area (Å²) in [6.45, 7) is 3.62. The maximum Gasteiger partial charge on any atom is 0.336 e. The number of carbonyl (C=O) groups is 3. The molecule has 0 unspecified atom stereocenters. The minimum absolute atomic E-state index is 0. The number of nitrogens with zero attached hydrogens (tertiary/aromatic N) is 1. The highest BCUT2D eigenvalue weighted by Gasteiger charge is 2.40. The molecule has 0 aliphatic carbocycles. The fraction of sp³-hybridized carbons (Fsp3) is 0.857. The molecule has 0 bridgehead atoms. The van der Waals surface area contributed by atoms with Crippen molar-refractivity contribution in [1.82, 2.24) is 0 Å². The van der Waals surface area contributed by atoms with Gasteiger partial charge in [0.15, 0.2) is 5.60 Å². The molecule has 0 aromatic heterocycles. The van der Waals surface area contributed by atoms with E-state index in [2.05, 4.69) is 28.1 Å². The number of carboxylic acids is 3. The van der Waals surface area contributed by atoms with E-state index < -0.39 is 36.4 Å². The number of halogens is 1. The van der Waals surface area contributed by atoms with Gasteiger partial charge in [0.1, 0.15) is 0 Å². The Labute approximate surface area is 187 Å². The first-order valence-electron chi connectivity index (χ1n) is 10.5. The van der Waals surface area contributed by atoms with Gasteiger partial charge in [0.25, 0.3) is 0 Å². The summed E-state index contributed by atoms with van der Waals surface area (Å²) in [5.41, 5.74) is -2.74. The van der Waals surface area contributed by atoms with Crippen LogP contribution >= 0.6 is 0 Å². The van der Waals surface area contributed by atoms with E-state index in [1.807, 2.05) is 0 Å². The molecule has 0 saturated heterocycles. The molecule has 180 valence electrons. The Morgan fingerprint density at radius 1 is 0.700 bits per heavy atom. The molecule has 30 heavy (non-hydrogen) atoms. The van der Waals surface area contributed by atoms with Gasteiger partial charge in [0.05, 0.1) is 40.5 Å². The van der Waals surface area contributed by atoms with Crippen LogP contribution in [0.5, 0.6) is 0 Å². The number of quaternary nitrogens is 1. The van der Waals surface area contributed by atoms with Gasteiger partial charge in [-0.3, -0.25) is 9.59 Å². The van der Waals surface area contributed by atoms with E-state index in [4.69, 9.17) is 20.4 Å². The predicted octanol–water partition coefficient (Wildman–Crippen LogP) is 0.369. The second-order valence-electron chi connectivity index (χ2n) is 8.67. The molecule has 0 fully saturated rings. The fourth-order valence-corrected chi connectivity index (χ4v) is 2.79. The van der Waals surface area contributed by atoms with Gasteiger partial charge < -0.3 is 37.3 Å². The molecule has 0 aromatic carbocycles. The Bertz CT molecular complexity index is 462. The molecule has 0 radical (unpaired) electrons. The first-order chi connectivity index (χ1) is 13.3. The summed E-state index contributed by atoms with van der Waals surface area (Å²) in [7, 11) is 6.86. The van der Waals surface area contributed by atoms with E-state index in [1.165, 1.54) is 70.8 Å². The van der Waals surface area contributed by atoms with Gasteiger partial charge in [0.2, 0.25) is 0 Å². The molecule has 4 N–H and O–H groups in total. The quantitative estimate of drug-likeness (QED) is 0.195. The van der Waals surface area contributed by atoms with E-state index in [-0.39, 0.29) is 12.4 Å². The number of aliphatic hydroxyl groups is 1. The maximum absolute atomic E-state index is 10.3. The standard InChI is InChI=1S/C15H34N.C6H8O7.ClH/c1-5-6-7-8-9-10-11-12-13-14-15-16(2,3)4;7-3(8)1-6(13,5(11)12)2-4(9)10;/h5-15H2,1-4H3;13H,1-2H2,(H,7,8)(H,9,10)(H,11,12);1H/q+1;;/p-1. The Balaban J connectivity index is -0.000000480. The smallest absolute Gasteiger partial charge is 0.336 e. The molecule has 0 rings (SSSR count). The van der Waals surface area contributed by atoms with Crippen LogP contribution in [-0.4, -0.2) is 76.1 Å². The van der Waals surface area contributed by atoms with E-state index in [1.54, 1.807) is 0 Å². The van der Waals surface area contributed by atoms with Crippen LogP contribution in [0.2, 0.25) is 0 Å². The zero-order valence-corrected chi connectivity index (χ0v) is 19.8. The van der Waals surface area contributed by atoms with E-state index in [0.29, 0.717) is 0 Å². The predicted molar refractivity (Wildman–Crippen MR) is 112 cm³/mol. The van der Waals surface area contributed by atoms with Crippen molar-refractivity contribution in [2.24, 2.45) is 0 Å². The van der Waals surface area contributed by atoms with Gasteiger partial charge in [-0.05, 0) is 12.8 Å². The van der Waals surface area contributed by atoms with Crippen molar-refractivity contribution in [1.29, 1.82) is 0 Å². The van der Waals surface area contributed by atoms with Crippen LogP contribution in [0.1, 0.15) is 84.0 Å². The van der Waals surface area contributed by atoms with Crippen molar-refractivity contribution in [3.8, 4) is 0 Å². The Kier molecular flexibility index (Phi) is 20.4.